The van der Waals surface area contributed by atoms with Crippen molar-refractivity contribution >= 4 is 6.09 Å². The van der Waals surface area contributed by atoms with Crippen LogP contribution in [-0.4, -0.2) is 28.4 Å². The Labute approximate surface area is 97.9 Å². The molecule has 0 bridgehead atoms. The molecule has 7 nitrogen and oxygen atoms in total. The second-order valence-corrected chi connectivity index (χ2v) is 4.98. The van der Waals surface area contributed by atoms with Gasteiger partial charge in [-0.3, -0.25) is 9.42 Å². The third-order valence-corrected chi connectivity index (χ3v) is 2.40. The second-order valence-electron chi connectivity index (χ2n) is 4.98. The third kappa shape index (κ3) is 2.48. The molecule has 2 rings (SSSR count). The number of amides is 1. The van der Waals surface area contributed by atoms with Gasteiger partial charge in [-0.2, -0.15) is 0 Å². The molecule has 1 amide bonds. The Balaban J connectivity index is 2.10. The van der Waals surface area contributed by atoms with Crippen LogP contribution >= 0.6 is 0 Å². The van der Waals surface area contributed by atoms with Crippen LogP contribution in [0.5, 0.6) is 0 Å². The summed E-state index contributed by atoms with van der Waals surface area (Å²) in [6.07, 6.45) is -0.413. The summed E-state index contributed by atoms with van der Waals surface area (Å²) in [5, 5.41) is 2.48. The Kier molecular flexibility index (Phi) is 2.68. The highest BCUT2D eigenvalue weighted by Gasteiger charge is 2.33. The molecule has 0 fully saturated rings. The number of hydrogen-bond acceptors (Lipinski definition) is 4. The maximum atomic E-state index is 11.8. The maximum absolute atomic E-state index is 11.8. The summed E-state index contributed by atoms with van der Waals surface area (Å²) in [6.45, 7) is 6.61. The number of carbonyl (C=O) groups excluding carboxylic acids is 1. The van der Waals surface area contributed by atoms with E-state index in [0.717, 1.165) is 0 Å². The van der Waals surface area contributed by atoms with E-state index >= 15 is 0 Å². The SMILES string of the molecule is CC(C)(C)OC(=O)N1CC[n+]2[nH]oc(=O)c2C1. The molecule has 0 saturated carbocycles. The van der Waals surface area contributed by atoms with Crippen LogP contribution in [0.2, 0.25) is 0 Å². The molecular weight excluding hydrogens is 226 g/mol. The fourth-order valence-corrected chi connectivity index (χ4v) is 1.61. The minimum atomic E-state index is -0.534. The van der Waals surface area contributed by atoms with Crippen LogP contribution < -0.4 is 10.3 Å². The van der Waals surface area contributed by atoms with Crippen LogP contribution in [0.25, 0.3) is 0 Å². The molecule has 7 heteroatoms. The second kappa shape index (κ2) is 3.90. The summed E-state index contributed by atoms with van der Waals surface area (Å²) >= 11 is 0. The van der Waals surface area contributed by atoms with Crippen molar-refractivity contribution in [1.29, 1.82) is 0 Å². The van der Waals surface area contributed by atoms with E-state index < -0.39 is 17.3 Å². The standard InChI is InChI=1S/C10H15N3O4/c1-10(2,3)16-9(15)12-4-5-13-7(6-12)8(14)17-11-13/h4-6H2,1-3H3/p+1. The lowest BCUT2D eigenvalue weighted by atomic mass is 10.2. The first-order valence-corrected chi connectivity index (χ1v) is 5.45. The molecule has 0 saturated heterocycles. The highest BCUT2D eigenvalue weighted by atomic mass is 16.6. The van der Waals surface area contributed by atoms with Gasteiger partial charge in [0, 0.05) is 0 Å². The van der Waals surface area contributed by atoms with Crippen molar-refractivity contribution in [3.8, 4) is 0 Å². The van der Waals surface area contributed by atoms with Crippen LogP contribution in [0.4, 0.5) is 4.79 Å². The average molecular weight is 242 g/mol. The fourth-order valence-electron chi connectivity index (χ4n) is 1.61. The summed E-state index contributed by atoms with van der Waals surface area (Å²) in [7, 11) is 0. The van der Waals surface area contributed by atoms with Gasteiger partial charge in [-0.1, -0.05) is 4.68 Å². The van der Waals surface area contributed by atoms with Crippen molar-refractivity contribution in [2.75, 3.05) is 6.54 Å². The van der Waals surface area contributed by atoms with Gasteiger partial charge >= 0.3 is 17.4 Å². The quantitative estimate of drug-likeness (QED) is 0.650. The van der Waals surface area contributed by atoms with Crippen molar-refractivity contribution in [2.24, 2.45) is 0 Å². The highest BCUT2D eigenvalue weighted by Crippen LogP contribution is 2.12. The van der Waals surface area contributed by atoms with Crippen molar-refractivity contribution in [2.45, 2.75) is 39.5 Å². The smallest absolute Gasteiger partial charge is 0.431 e. The highest BCUT2D eigenvalue weighted by molar-refractivity contribution is 5.68. The van der Waals surface area contributed by atoms with E-state index in [-0.39, 0.29) is 6.54 Å². The van der Waals surface area contributed by atoms with Crippen molar-refractivity contribution in [1.82, 2.24) is 10.2 Å². The molecule has 0 unspecified atom stereocenters. The largest absolute Gasteiger partial charge is 0.444 e. The molecule has 0 spiro atoms. The fraction of sp³-hybridized carbons (Fsp3) is 0.700. The average Bonchev–Trinajstić information content (AvgIpc) is 2.57. The molecular formula is C10H16N3O4+. The first-order chi connectivity index (χ1) is 7.87. The van der Waals surface area contributed by atoms with Gasteiger partial charge in [0.15, 0.2) is 6.54 Å². The molecule has 1 aliphatic rings. The van der Waals surface area contributed by atoms with Gasteiger partial charge in [0.1, 0.15) is 12.1 Å². The summed E-state index contributed by atoms with van der Waals surface area (Å²) < 4.78 is 11.5. The number of aromatic nitrogens is 2. The number of aromatic amines is 1. The van der Waals surface area contributed by atoms with Gasteiger partial charge in [-0.15, -0.1) is 0 Å². The molecule has 1 N–H and O–H groups in total. The number of H-pyrrole nitrogens is 1. The topological polar surface area (TPSA) is 79.4 Å². The summed E-state index contributed by atoms with van der Waals surface area (Å²) in [6, 6.07) is 0. The lowest BCUT2D eigenvalue weighted by Gasteiger charge is -2.26. The zero-order chi connectivity index (χ0) is 12.6. The van der Waals surface area contributed by atoms with Crippen LogP contribution in [0.15, 0.2) is 9.32 Å². The summed E-state index contributed by atoms with van der Waals surface area (Å²) in [5.41, 5.74) is -0.548. The van der Waals surface area contributed by atoms with Crippen molar-refractivity contribution in [3.05, 3.63) is 16.1 Å². The van der Waals surface area contributed by atoms with Crippen LogP contribution in [0, 0.1) is 0 Å². The number of nitrogens with zero attached hydrogens (tertiary/aromatic N) is 2. The molecule has 0 aromatic carbocycles. The molecule has 0 atom stereocenters. The molecule has 0 aliphatic carbocycles. The minimum Gasteiger partial charge on any atom is -0.444 e. The van der Waals surface area contributed by atoms with Gasteiger partial charge in [0.2, 0.25) is 0 Å². The zero-order valence-corrected chi connectivity index (χ0v) is 10.1. The third-order valence-electron chi connectivity index (χ3n) is 2.40. The minimum absolute atomic E-state index is 0.209. The first-order valence-electron chi connectivity index (χ1n) is 5.45. The predicted molar refractivity (Wildman–Crippen MR) is 56.2 cm³/mol. The van der Waals surface area contributed by atoms with Crippen LogP contribution in [0.1, 0.15) is 26.5 Å². The molecule has 1 aliphatic heterocycles. The maximum Gasteiger partial charge on any atom is 0.431 e. The lowest BCUT2D eigenvalue weighted by molar-refractivity contribution is -0.773. The summed E-state index contributed by atoms with van der Waals surface area (Å²) in [4.78, 5) is 24.6. The van der Waals surface area contributed by atoms with Crippen LogP contribution in [-0.2, 0) is 17.8 Å². The molecule has 17 heavy (non-hydrogen) atoms. The van der Waals surface area contributed by atoms with E-state index in [1.807, 2.05) is 0 Å². The Bertz CT molecular complexity index is 482. The normalized spacial score (nSPS) is 15.6. The van der Waals surface area contributed by atoms with Crippen molar-refractivity contribution in [3.63, 3.8) is 0 Å². The Morgan fingerprint density at radius 1 is 1.53 bits per heavy atom. The van der Waals surface area contributed by atoms with E-state index in [9.17, 15) is 9.59 Å². The number of fused-ring (bicyclic) bond motifs is 1. The van der Waals surface area contributed by atoms with Gasteiger partial charge in [-0.25, -0.2) is 9.59 Å². The number of rotatable bonds is 0. The van der Waals surface area contributed by atoms with Gasteiger partial charge in [0.05, 0.1) is 6.54 Å². The van der Waals surface area contributed by atoms with E-state index in [2.05, 4.69) is 9.79 Å². The number of nitrogens with one attached hydrogen (secondary N) is 1. The molecule has 0 radical (unpaired) electrons. The molecule has 94 valence electrons. The molecule has 1 aromatic rings. The number of ether oxygens (including phenoxy) is 1. The van der Waals surface area contributed by atoms with Gasteiger partial charge in [0.25, 0.3) is 0 Å². The predicted octanol–water partition coefficient (Wildman–Crippen LogP) is 0.00610. The van der Waals surface area contributed by atoms with E-state index in [4.69, 9.17) is 4.74 Å². The van der Waals surface area contributed by atoms with Crippen LogP contribution in [0.3, 0.4) is 0 Å². The summed E-state index contributed by atoms with van der Waals surface area (Å²) in [5.74, 6) is 0. The van der Waals surface area contributed by atoms with E-state index in [0.29, 0.717) is 18.8 Å². The number of hydrogen-bond donors (Lipinski definition) is 1. The Hall–Kier alpha value is -1.79. The zero-order valence-electron chi connectivity index (χ0n) is 10.1. The molecule has 1 aromatic heterocycles. The van der Waals surface area contributed by atoms with E-state index in [1.165, 1.54) is 4.90 Å². The first kappa shape index (κ1) is 11.7. The number of carbonyl (C=O) groups is 1. The van der Waals surface area contributed by atoms with E-state index in [1.54, 1.807) is 25.5 Å². The van der Waals surface area contributed by atoms with Gasteiger partial charge < -0.3 is 4.74 Å². The van der Waals surface area contributed by atoms with Crippen molar-refractivity contribution < 1.29 is 18.7 Å². The van der Waals surface area contributed by atoms with Gasteiger partial charge in [-0.05, 0) is 26.0 Å². The monoisotopic (exact) mass is 242 g/mol. The lowest BCUT2D eigenvalue weighted by Crippen LogP contribution is -2.54. The molecule has 2 heterocycles. The Morgan fingerprint density at radius 2 is 2.24 bits per heavy atom. The Morgan fingerprint density at radius 3 is 2.88 bits per heavy atom.